The number of fused-ring (bicyclic) bond motifs is 1. The second-order valence-electron chi connectivity index (χ2n) is 7.84. The zero-order valence-corrected chi connectivity index (χ0v) is 19.6. The number of aryl methyl sites for hydroxylation is 2. The number of hydrogen-bond acceptors (Lipinski definition) is 6. The Morgan fingerprint density at radius 1 is 1.07 bits per heavy atom. The Hall–Kier alpha value is -2.29. The van der Waals surface area contributed by atoms with Gasteiger partial charge in [-0.25, -0.2) is 13.4 Å². The van der Waals surface area contributed by atoms with Gasteiger partial charge in [0.1, 0.15) is 0 Å². The fourth-order valence-corrected chi connectivity index (χ4v) is 4.98. The lowest BCUT2D eigenvalue weighted by Crippen LogP contribution is -2.33. The number of thiazole rings is 1. The van der Waals surface area contributed by atoms with Gasteiger partial charge in [0.25, 0.3) is 5.91 Å². The van der Waals surface area contributed by atoms with E-state index >= 15 is 0 Å². The lowest BCUT2D eigenvalue weighted by Gasteiger charge is -2.21. The van der Waals surface area contributed by atoms with Crippen LogP contribution in [0.15, 0.2) is 41.3 Å². The lowest BCUT2D eigenvalue weighted by molar-refractivity contribution is 0.0986. The first kappa shape index (κ1) is 22.4. The van der Waals surface area contributed by atoms with E-state index < -0.39 is 9.84 Å². The minimum Gasteiger partial charge on any atom is -0.309 e. The van der Waals surface area contributed by atoms with Gasteiger partial charge < -0.3 is 4.90 Å². The van der Waals surface area contributed by atoms with Crippen LogP contribution in [0.5, 0.6) is 0 Å². The molecular weight excluding hydrogens is 418 g/mol. The van der Waals surface area contributed by atoms with Crippen LogP contribution in [-0.4, -0.2) is 57.6 Å². The van der Waals surface area contributed by atoms with E-state index in [1.807, 2.05) is 27.1 Å². The molecule has 160 valence electrons. The quantitative estimate of drug-likeness (QED) is 0.551. The van der Waals surface area contributed by atoms with Crippen molar-refractivity contribution in [2.24, 2.45) is 0 Å². The summed E-state index contributed by atoms with van der Waals surface area (Å²) in [5.41, 5.74) is 3.62. The highest BCUT2D eigenvalue weighted by atomic mass is 32.2. The summed E-state index contributed by atoms with van der Waals surface area (Å²) in [6, 6.07) is 10.2. The molecule has 0 bridgehead atoms. The highest BCUT2D eigenvalue weighted by Gasteiger charge is 2.22. The van der Waals surface area contributed by atoms with Gasteiger partial charge in [0.15, 0.2) is 15.0 Å². The minimum absolute atomic E-state index is 0.178. The van der Waals surface area contributed by atoms with Crippen molar-refractivity contribution in [1.29, 1.82) is 0 Å². The summed E-state index contributed by atoms with van der Waals surface area (Å²) in [5, 5.41) is 0.662. The van der Waals surface area contributed by atoms with Gasteiger partial charge in [-0.1, -0.05) is 17.4 Å². The average molecular weight is 446 g/mol. The first-order chi connectivity index (χ1) is 14.1. The van der Waals surface area contributed by atoms with E-state index in [1.165, 1.54) is 23.5 Å². The average Bonchev–Trinajstić information content (AvgIpc) is 3.08. The minimum atomic E-state index is -3.31. The van der Waals surface area contributed by atoms with E-state index in [0.717, 1.165) is 40.6 Å². The van der Waals surface area contributed by atoms with Crippen LogP contribution in [-0.2, 0) is 9.84 Å². The number of anilines is 1. The maximum absolute atomic E-state index is 13.3. The fourth-order valence-electron chi connectivity index (χ4n) is 3.31. The Kier molecular flexibility index (Phi) is 6.59. The molecule has 8 heteroatoms. The largest absolute Gasteiger partial charge is 0.309 e. The Morgan fingerprint density at radius 2 is 1.73 bits per heavy atom. The molecule has 0 radical (unpaired) electrons. The molecule has 0 spiro atoms. The zero-order chi connectivity index (χ0) is 22.1. The van der Waals surface area contributed by atoms with E-state index in [9.17, 15) is 13.2 Å². The van der Waals surface area contributed by atoms with Crippen molar-refractivity contribution in [3.8, 4) is 0 Å². The normalized spacial score (nSPS) is 11.9. The van der Waals surface area contributed by atoms with Crippen molar-refractivity contribution in [2.75, 3.05) is 38.3 Å². The maximum atomic E-state index is 13.3. The third-order valence-electron chi connectivity index (χ3n) is 4.80. The highest BCUT2D eigenvalue weighted by Crippen LogP contribution is 2.33. The van der Waals surface area contributed by atoms with Gasteiger partial charge in [0.05, 0.1) is 15.1 Å². The lowest BCUT2D eigenvalue weighted by atomic mass is 10.1. The number of sulfone groups is 1. The predicted molar refractivity (Wildman–Crippen MR) is 123 cm³/mol. The Labute approximate surface area is 182 Å². The van der Waals surface area contributed by atoms with Crippen molar-refractivity contribution in [3.05, 3.63) is 53.1 Å². The maximum Gasteiger partial charge on any atom is 0.260 e. The summed E-state index contributed by atoms with van der Waals surface area (Å²) in [6.07, 6.45) is 1.96. The van der Waals surface area contributed by atoms with Crippen LogP contribution in [0.25, 0.3) is 10.2 Å². The van der Waals surface area contributed by atoms with Crippen LogP contribution < -0.4 is 4.90 Å². The number of carbonyl (C=O) groups excluding carboxylic acids is 1. The van der Waals surface area contributed by atoms with E-state index in [-0.39, 0.29) is 10.8 Å². The van der Waals surface area contributed by atoms with Crippen LogP contribution in [0.3, 0.4) is 0 Å². The molecule has 0 fully saturated rings. The zero-order valence-electron chi connectivity index (χ0n) is 18.0. The monoisotopic (exact) mass is 445 g/mol. The molecule has 0 aliphatic rings. The molecule has 0 unspecified atom stereocenters. The van der Waals surface area contributed by atoms with Crippen LogP contribution in [0, 0.1) is 13.8 Å². The van der Waals surface area contributed by atoms with Gasteiger partial charge in [-0.15, -0.1) is 0 Å². The van der Waals surface area contributed by atoms with Gasteiger partial charge >= 0.3 is 0 Å². The molecule has 1 heterocycles. The summed E-state index contributed by atoms with van der Waals surface area (Å²) in [6.45, 7) is 5.47. The molecule has 0 aliphatic heterocycles. The van der Waals surface area contributed by atoms with Gasteiger partial charge in [0, 0.05) is 18.4 Å². The highest BCUT2D eigenvalue weighted by molar-refractivity contribution is 7.90. The number of rotatable bonds is 7. The molecule has 0 saturated heterocycles. The molecular formula is C22H27N3O3S2. The molecule has 3 aromatic rings. The van der Waals surface area contributed by atoms with E-state index in [1.54, 1.807) is 17.0 Å². The smallest absolute Gasteiger partial charge is 0.260 e. The second-order valence-corrected chi connectivity index (χ2v) is 10.8. The Morgan fingerprint density at radius 3 is 2.33 bits per heavy atom. The van der Waals surface area contributed by atoms with Gasteiger partial charge in [-0.2, -0.15) is 0 Å². The molecule has 0 atom stereocenters. The number of benzene rings is 2. The number of aromatic nitrogens is 1. The number of nitrogens with zero attached hydrogens (tertiary/aromatic N) is 3. The van der Waals surface area contributed by atoms with Crippen molar-refractivity contribution < 1.29 is 13.2 Å². The van der Waals surface area contributed by atoms with Crippen LogP contribution in [0.4, 0.5) is 5.13 Å². The molecule has 0 saturated carbocycles. The topological polar surface area (TPSA) is 70.6 Å². The van der Waals surface area contributed by atoms with Crippen LogP contribution >= 0.6 is 11.3 Å². The molecule has 2 aromatic carbocycles. The molecule has 1 aromatic heterocycles. The Balaban J connectivity index is 1.98. The Bertz CT molecular complexity index is 1170. The van der Waals surface area contributed by atoms with Crippen molar-refractivity contribution in [2.45, 2.75) is 25.2 Å². The summed E-state index contributed by atoms with van der Waals surface area (Å²) in [4.78, 5) is 22.1. The molecule has 30 heavy (non-hydrogen) atoms. The van der Waals surface area contributed by atoms with Crippen LogP contribution in [0.2, 0.25) is 0 Å². The first-order valence-corrected chi connectivity index (χ1v) is 12.4. The summed E-state index contributed by atoms with van der Waals surface area (Å²) in [5.74, 6) is -0.178. The third kappa shape index (κ3) is 5.06. The summed E-state index contributed by atoms with van der Waals surface area (Å²) < 4.78 is 24.5. The van der Waals surface area contributed by atoms with E-state index in [4.69, 9.17) is 4.98 Å². The molecule has 3 rings (SSSR count). The third-order valence-corrected chi connectivity index (χ3v) is 7.16. The molecule has 0 aliphatic carbocycles. The van der Waals surface area contributed by atoms with Crippen molar-refractivity contribution in [3.63, 3.8) is 0 Å². The first-order valence-electron chi connectivity index (χ1n) is 9.71. The SMILES string of the molecule is Cc1cc(C)c2sc(N(CCCN(C)C)C(=O)c3ccc(S(C)(=O)=O)cc3)nc2c1. The standard InChI is InChI=1S/C22H27N3O3S2/c1-15-13-16(2)20-19(14-15)23-22(29-20)25(12-6-11-24(3)4)21(26)17-7-9-18(10-8-17)30(5,27)28/h7-10,13-14H,6,11-12H2,1-5H3. The van der Waals surface area contributed by atoms with Crippen molar-refractivity contribution in [1.82, 2.24) is 9.88 Å². The molecule has 1 amide bonds. The van der Waals surface area contributed by atoms with Gasteiger partial charge in [0.2, 0.25) is 0 Å². The van der Waals surface area contributed by atoms with E-state index in [2.05, 4.69) is 17.9 Å². The van der Waals surface area contributed by atoms with Gasteiger partial charge in [-0.3, -0.25) is 9.69 Å². The summed E-state index contributed by atoms with van der Waals surface area (Å²) in [7, 11) is 0.691. The van der Waals surface area contributed by atoms with Crippen LogP contribution in [0.1, 0.15) is 27.9 Å². The fraction of sp³-hybridized carbons (Fsp3) is 0.364. The van der Waals surface area contributed by atoms with Crippen molar-refractivity contribution >= 4 is 42.4 Å². The second kappa shape index (κ2) is 8.83. The molecule has 0 N–H and O–H groups in total. The number of carbonyl (C=O) groups is 1. The summed E-state index contributed by atoms with van der Waals surface area (Å²) >= 11 is 1.51. The van der Waals surface area contributed by atoms with E-state index in [0.29, 0.717) is 17.2 Å². The number of hydrogen-bond donors (Lipinski definition) is 0. The van der Waals surface area contributed by atoms with Gasteiger partial charge in [-0.05, 0) is 82.4 Å². The predicted octanol–water partition coefficient (Wildman–Crippen LogP) is 3.92. The number of amides is 1. The molecule has 6 nitrogen and oxygen atoms in total.